The summed E-state index contributed by atoms with van der Waals surface area (Å²) in [5, 5.41) is 3.15. The van der Waals surface area contributed by atoms with Crippen molar-refractivity contribution in [1.82, 2.24) is 4.90 Å². The first-order valence-corrected chi connectivity index (χ1v) is 10.8. The van der Waals surface area contributed by atoms with Gasteiger partial charge < -0.3 is 19.5 Å². The van der Waals surface area contributed by atoms with E-state index in [-0.39, 0.29) is 23.7 Å². The lowest BCUT2D eigenvalue weighted by atomic mass is 10.0. The molecule has 4 rings (SSSR count). The third-order valence-electron chi connectivity index (χ3n) is 5.68. The minimum atomic E-state index is -0.410. The molecule has 1 aliphatic rings. The fourth-order valence-electron chi connectivity index (χ4n) is 3.93. The molecule has 0 atom stereocenters. The number of nitrogens with one attached hydrogen (secondary N) is 1. The van der Waals surface area contributed by atoms with Crippen molar-refractivity contribution < 1.29 is 23.8 Å². The summed E-state index contributed by atoms with van der Waals surface area (Å²) in [6, 6.07) is 22.1. The molecule has 0 saturated carbocycles. The fourth-order valence-corrected chi connectivity index (χ4v) is 3.93. The van der Waals surface area contributed by atoms with E-state index in [0.717, 1.165) is 5.56 Å². The van der Waals surface area contributed by atoms with Crippen LogP contribution in [-0.4, -0.2) is 44.6 Å². The lowest BCUT2D eigenvalue weighted by Gasteiger charge is -2.16. The molecule has 1 heterocycles. The highest BCUT2D eigenvalue weighted by Crippen LogP contribution is 2.37. The number of hydrogen-bond donors (Lipinski definition) is 1. The highest BCUT2D eigenvalue weighted by atomic mass is 16.5. The predicted octanol–water partition coefficient (Wildman–Crippen LogP) is 4.15. The Morgan fingerprint density at radius 2 is 1.47 bits per heavy atom. The van der Waals surface area contributed by atoms with E-state index in [2.05, 4.69) is 5.32 Å². The molecule has 174 valence electrons. The summed E-state index contributed by atoms with van der Waals surface area (Å²) in [6.07, 6.45) is 0.549. The zero-order chi connectivity index (χ0) is 24.1. The van der Waals surface area contributed by atoms with Gasteiger partial charge in [0.05, 0.1) is 32.6 Å². The molecule has 2 amide bonds. The summed E-state index contributed by atoms with van der Waals surface area (Å²) in [5.41, 5.74) is 2.50. The number of nitrogens with zero attached hydrogens (tertiary/aromatic N) is 1. The number of carbonyl (C=O) groups is 2. The normalized spacial score (nSPS) is 13.3. The quantitative estimate of drug-likeness (QED) is 0.486. The van der Waals surface area contributed by atoms with Crippen LogP contribution in [0.5, 0.6) is 17.2 Å². The zero-order valence-corrected chi connectivity index (χ0v) is 19.3. The van der Waals surface area contributed by atoms with E-state index in [9.17, 15) is 9.59 Å². The SMILES string of the molecule is COc1ccc(OC)c(NC2=C(c3ccccc3OC)C(=O)N(CCc3ccccc3)C2=O)c1. The molecule has 1 aliphatic heterocycles. The Bertz CT molecular complexity index is 1240. The number of carbonyl (C=O) groups excluding carboxylic acids is 2. The third kappa shape index (κ3) is 4.45. The van der Waals surface area contributed by atoms with Crippen LogP contribution in [-0.2, 0) is 16.0 Å². The second kappa shape index (κ2) is 10.1. The smallest absolute Gasteiger partial charge is 0.278 e. The number of anilines is 1. The van der Waals surface area contributed by atoms with Crippen molar-refractivity contribution in [1.29, 1.82) is 0 Å². The minimum absolute atomic E-state index is 0.161. The number of benzene rings is 3. The zero-order valence-electron chi connectivity index (χ0n) is 19.3. The van der Waals surface area contributed by atoms with Gasteiger partial charge >= 0.3 is 0 Å². The lowest BCUT2D eigenvalue weighted by molar-refractivity contribution is -0.136. The molecule has 0 aromatic heterocycles. The Morgan fingerprint density at radius 3 is 2.18 bits per heavy atom. The van der Waals surface area contributed by atoms with Crippen LogP contribution in [0, 0.1) is 0 Å². The van der Waals surface area contributed by atoms with Crippen molar-refractivity contribution in [3.63, 3.8) is 0 Å². The van der Waals surface area contributed by atoms with Crippen molar-refractivity contribution in [3.8, 4) is 17.2 Å². The van der Waals surface area contributed by atoms with E-state index >= 15 is 0 Å². The Labute approximate surface area is 198 Å². The van der Waals surface area contributed by atoms with Gasteiger partial charge in [-0.2, -0.15) is 0 Å². The second-order valence-electron chi connectivity index (χ2n) is 7.64. The van der Waals surface area contributed by atoms with Crippen LogP contribution in [0.1, 0.15) is 11.1 Å². The number of amides is 2. The molecule has 1 N–H and O–H groups in total. The first-order chi connectivity index (χ1) is 16.6. The van der Waals surface area contributed by atoms with Crippen molar-refractivity contribution in [2.45, 2.75) is 6.42 Å². The summed E-state index contributed by atoms with van der Waals surface area (Å²) in [4.78, 5) is 28.4. The van der Waals surface area contributed by atoms with Gasteiger partial charge in [-0.05, 0) is 30.2 Å². The van der Waals surface area contributed by atoms with Gasteiger partial charge in [0.2, 0.25) is 0 Å². The van der Waals surface area contributed by atoms with E-state index in [0.29, 0.717) is 34.9 Å². The van der Waals surface area contributed by atoms with Crippen LogP contribution >= 0.6 is 0 Å². The van der Waals surface area contributed by atoms with Gasteiger partial charge in [0.15, 0.2) is 0 Å². The van der Waals surface area contributed by atoms with E-state index in [1.54, 1.807) is 43.5 Å². The van der Waals surface area contributed by atoms with Crippen LogP contribution in [0.4, 0.5) is 5.69 Å². The first kappa shape index (κ1) is 22.9. The molecule has 3 aromatic carbocycles. The Kier molecular flexibility index (Phi) is 6.82. The summed E-state index contributed by atoms with van der Waals surface area (Å²) in [6.45, 7) is 0.251. The van der Waals surface area contributed by atoms with Crippen molar-refractivity contribution in [2.24, 2.45) is 0 Å². The molecule has 3 aromatic rings. The van der Waals surface area contributed by atoms with Crippen LogP contribution in [0.15, 0.2) is 78.5 Å². The van der Waals surface area contributed by atoms with Crippen LogP contribution in [0.3, 0.4) is 0 Å². The lowest BCUT2D eigenvalue weighted by Crippen LogP contribution is -2.34. The van der Waals surface area contributed by atoms with Gasteiger partial charge in [0, 0.05) is 18.2 Å². The number of methoxy groups -OCH3 is 3. The minimum Gasteiger partial charge on any atom is -0.497 e. The maximum absolute atomic E-state index is 13.6. The summed E-state index contributed by atoms with van der Waals surface area (Å²) >= 11 is 0. The van der Waals surface area contributed by atoms with Crippen molar-refractivity contribution in [3.05, 3.63) is 89.6 Å². The number of rotatable bonds is 9. The highest BCUT2D eigenvalue weighted by Gasteiger charge is 2.40. The molecule has 0 bridgehead atoms. The number of para-hydroxylation sites is 1. The maximum atomic E-state index is 13.6. The topological polar surface area (TPSA) is 77.1 Å². The number of hydrogen-bond acceptors (Lipinski definition) is 6. The summed E-state index contributed by atoms with van der Waals surface area (Å²) in [5.74, 6) is 0.804. The third-order valence-corrected chi connectivity index (χ3v) is 5.68. The fraction of sp³-hybridized carbons (Fsp3) is 0.185. The molecule has 0 radical (unpaired) electrons. The molecule has 0 aliphatic carbocycles. The van der Waals surface area contributed by atoms with Gasteiger partial charge in [-0.15, -0.1) is 0 Å². The first-order valence-electron chi connectivity index (χ1n) is 10.8. The van der Waals surface area contributed by atoms with Gasteiger partial charge in [-0.3, -0.25) is 14.5 Å². The molecule has 0 saturated heterocycles. The van der Waals surface area contributed by atoms with Crippen LogP contribution < -0.4 is 19.5 Å². The van der Waals surface area contributed by atoms with Crippen LogP contribution in [0.25, 0.3) is 5.57 Å². The molecular weight excluding hydrogens is 432 g/mol. The standard InChI is InChI=1S/C27H26N2O5/c1-32-19-13-14-23(34-3)21(17-19)28-25-24(20-11-7-8-12-22(20)33-2)26(30)29(27(25)31)16-15-18-9-5-4-6-10-18/h4-14,17,28H,15-16H2,1-3H3. The molecule has 0 fully saturated rings. The van der Waals surface area contributed by atoms with Gasteiger partial charge in [0.25, 0.3) is 11.8 Å². The number of imide groups is 1. The Morgan fingerprint density at radius 1 is 0.765 bits per heavy atom. The largest absolute Gasteiger partial charge is 0.497 e. The van der Waals surface area contributed by atoms with Gasteiger partial charge in [-0.25, -0.2) is 0 Å². The van der Waals surface area contributed by atoms with E-state index in [1.165, 1.54) is 19.1 Å². The van der Waals surface area contributed by atoms with E-state index in [1.807, 2.05) is 36.4 Å². The Balaban J connectivity index is 1.76. The average molecular weight is 459 g/mol. The van der Waals surface area contributed by atoms with Crippen molar-refractivity contribution >= 4 is 23.1 Å². The predicted molar refractivity (Wildman–Crippen MR) is 130 cm³/mol. The summed E-state index contributed by atoms with van der Waals surface area (Å²) < 4.78 is 16.3. The van der Waals surface area contributed by atoms with Gasteiger partial charge in [0.1, 0.15) is 22.9 Å². The molecule has 0 unspecified atom stereocenters. The van der Waals surface area contributed by atoms with Crippen LogP contribution in [0.2, 0.25) is 0 Å². The molecule has 34 heavy (non-hydrogen) atoms. The summed E-state index contributed by atoms with van der Waals surface area (Å²) in [7, 11) is 4.63. The molecule has 7 nitrogen and oxygen atoms in total. The molecule has 7 heteroatoms. The number of ether oxygens (including phenoxy) is 3. The average Bonchev–Trinajstić information content (AvgIpc) is 3.11. The second-order valence-corrected chi connectivity index (χ2v) is 7.64. The highest BCUT2D eigenvalue weighted by molar-refractivity contribution is 6.37. The monoisotopic (exact) mass is 458 g/mol. The molecular formula is C27H26N2O5. The van der Waals surface area contributed by atoms with Gasteiger partial charge in [-0.1, -0.05) is 48.5 Å². The maximum Gasteiger partial charge on any atom is 0.278 e. The van der Waals surface area contributed by atoms with E-state index in [4.69, 9.17) is 14.2 Å². The molecule has 0 spiro atoms. The van der Waals surface area contributed by atoms with Crippen molar-refractivity contribution in [2.75, 3.05) is 33.2 Å². The van der Waals surface area contributed by atoms with E-state index < -0.39 is 5.91 Å². The Hall–Kier alpha value is -4.26.